The number of hydrogen-bond acceptors (Lipinski definition) is 6. The zero-order chi connectivity index (χ0) is 47.9. The fourth-order valence-electron chi connectivity index (χ4n) is 8.25. The minimum Gasteiger partial charge on any atom is -0.462 e. The van der Waals surface area contributed by atoms with Crippen LogP contribution in [-0.2, 0) is 28.6 Å². The standard InChI is InChI=1S/C60H108O6/c1-4-7-10-13-16-19-22-25-28-29-30-33-35-38-41-44-47-50-53-59(62)65-56-57(66-60(63)54-51-48-45-42-39-36-32-27-24-21-18-15-12-9-6-3)55-64-58(61)52-49-46-43-40-37-34-31-26-23-20-17-14-11-8-5-2/h18,21,24,27-30,33,57H,4-17,19-20,22-23,25-26,31-32,34-56H2,1-3H3/b21-18-,27-24-,29-28-,33-30-. The van der Waals surface area contributed by atoms with E-state index in [0.29, 0.717) is 19.3 Å². The molecule has 6 nitrogen and oxygen atoms in total. The van der Waals surface area contributed by atoms with Gasteiger partial charge < -0.3 is 14.2 Å². The average Bonchev–Trinajstić information content (AvgIpc) is 3.31. The topological polar surface area (TPSA) is 78.9 Å². The third-order valence-corrected chi connectivity index (χ3v) is 12.6. The summed E-state index contributed by atoms with van der Waals surface area (Å²) >= 11 is 0. The Morgan fingerprint density at radius 1 is 0.303 bits per heavy atom. The molecule has 0 rings (SSSR count). The van der Waals surface area contributed by atoms with Crippen LogP contribution < -0.4 is 0 Å². The molecule has 0 heterocycles. The second-order valence-electron chi connectivity index (χ2n) is 19.3. The molecule has 0 saturated carbocycles. The highest BCUT2D eigenvalue weighted by Crippen LogP contribution is 2.16. The molecule has 0 aromatic rings. The van der Waals surface area contributed by atoms with Gasteiger partial charge in [0.2, 0.25) is 0 Å². The maximum Gasteiger partial charge on any atom is 0.306 e. The van der Waals surface area contributed by atoms with Crippen LogP contribution in [0.15, 0.2) is 48.6 Å². The summed E-state index contributed by atoms with van der Waals surface area (Å²) in [5.74, 6) is -0.894. The van der Waals surface area contributed by atoms with Crippen molar-refractivity contribution < 1.29 is 28.6 Å². The van der Waals surface area contributed by atoms with E-state index in [4.69, 9.17) is 14.2 Å². The van der Waals surface area contributed by atoms with Crippen LogP contribution in [0, 0.1) is 0 Å². The number of carbonyl (C=O) groups excluding carboxylic acids is 3. The van der Waals surface area contributed by atoms with Crippen LogP contribution in [0.25, 0.3) is 0 Å². The molecule has 0 aromatic carbocycles. The average molecular weight is 926 g/mol. The first-order valence-corrected chi connectivity index (χ1v) is 28.7. The van der Waals surface area contributed by atoms with Crippen molar-refractivity contribution in [3.05, 3.63) is 48.6 Å². The van der Waals surface area contributed by atoms with Crippen molar-refractivity contribution in [2.45, 2.75) is 303 Å². The smallest absolute Gasteiger partial charge is 0.306 e. The van der Waals surface area contributed by atoms with E-state index in [-0.39, 0.29) is 31.1 Å². The van der Waals surface area contributed by atoms with Crippen molar-refractivity contribution >= 4 is 17.9 Å². The lowest BCUT2D eigenvalue weighted by Gasteiger charge is -2.18. The van der Waals surface area contributed by atoms with E-state index in [9.17, 15) is 14.4 Å². The highest BCUT2D eigenvalue weighted by Gasteiger charge is 2.19. The summed E-state index contributed by atoms with van der Waals surface area (Å²) in [7, 11) is 0. The Morgan fingerprint density at radius 2 is 0.530 bits per heavy atom. The first kappa shape index (κ1) is 63.4. The number of ether oxygens (including phenoxy) is 3. The van der Waals surface area contributed by atoms with Gasteiger partial charge >= 0.3 is 17.9 Å². The van der Waals surface area contributed by atoms with E-state index >= 15 is 0 Å². The lowest BCUT2D eigenvalue weighted by atomic mass is 10.0. The Balaban J connectivity index is 4.39. The minimum atomic E-state index is -0.783. The number of carbonyl (C=O) groups is 3. The number of rotatable bonds is 52. The number of hydrogen-bond donors (Lipinski definition) is 0. The number of unbranched alkanes of at least 4 members (excludes halogenated alkanes) is 35. The number of allylic oxidation sites excluding steroid dienone is 8. The van der Waals surface area contributed by atoms with E-state index in [1.165, 1.54) is 167 Å². The zero-order valence-electron chi connectivity index (χ0n) is 44.0. The van der Waals surface area contributed by atoms with Crippen LogP contribution >= 0.6 is 0 Å². The summed E-state index contributed by atoms with van der Waals surface area (Å²) in [6.07, 6.45) is 66.6. The van der Waals surface area contributed by atoms with Gasteiger partial charge in [0.05, 0.1) is 0 Å². The van der Waals surface area contributed by atoms with Crippen LogP contribution in [0.3, 0.4) is 0 Å². The predicted octanol–water partition coefficient (Wildman–Crippen LogP) is 19.0. The summed E-state index contributed by atoms with van der Waals surface area (Å²) in [6.45, 7) is 6.61. The molecule has 0 aliphatic rings. The van der Waals surface area contributed by atoms with Crippen LogP contribution in [0.1, 0.15) is 297 Å². The molecule has 0 amide bonds. The summed E-state index contributed by atoms with van der Waals surface area (Å²) in [4.78, 5) is 38.1. The Kier molecular flexibility index (Phi) is 52.8. The molecule has 0 aromatic heterocycles. The fraction of sp³-hybridized carbons (Fsp3) is 0.817. The molecule has 1 unspecified atom stereocenters. The summed E-state index contributed by atoms with van der Waals surface area (Å²) < 4.78 is 16.9. The molecule has 0 bridgehead atoms. The molecule has 1 atom stereocenters. The molecule has 66 heavy (non-hydrogen) atoms. The molecule has 6 heteroatoms. The maximum absolute atomic E-state index is 12.8. The normalized spacial score (nSPS) is 12.3. The monoisotopic (exact) mass is 925 g/mol. The van der Waals surface area contributed by atoms with Crippen molar-refractivity contribution in [2.24, 2.45) is 0 Å². The minimum absolute atomic E-state index is 0.0802. The van der Waals surface area contributed by atoms with Gasteiger partial charge in [-0.25, -0.2) is 0 Å². The van der Waals surface area contributed by atoms with E-state index < -0.39 is 6.10 Å². The van der Waals surface area contributed by atoms with Crippen molar-refractivity contribution in [3.63, 3.8) is 0 Å². The molecular formula is C60H108O6. The largest absolute Gasteiger partial charge is 0.462 e. The molecular weight excluding hydrogens is 817 g/mol. The molecule has 384 valence electrons. The maximum atomic E-state index is 12.8. The van der Waals surface area contributed by atoms with E-state index in [0.717, 1.165) is 89.9 Å². The van der Waals surface area contributed by atoms with Gasteiger partial charge in [-0.15, -0.1) is 0 Å². The van der Waals surface area contributed by atoms with Crippen molar-refractivity contribution in [2.75, 3.05) is 13.2 Å². The zero-order valence-corrected chi connectivity index (χ0v) is 44.0. The third-order valence-electron chi connectivity index (χ3n) is 12.6. The van der Waals surface area contributed by atoms with Crippen LogP contribution in [0.5, 0.6) is 0 Å². The first-order valence-electron chi connectivity index (χ1n) is 28.7. The Hall–Kier alpha value is -2.63. The second kappa shape index (κ2) is 55.0. The van der Waals surface area contributed by atoms with Gasteiger partial charge in [0.1, 0.15) is 13.2 Å². The Bertz CT molecular complexity index is 1150. The van der Waals surface area contributed by atoms with E-state index in [1.807, 2.05) is 0 Å². The van der Waals surface area contributed by atoms with Crippen LogP contribution in [0.2, 0.25) is 0 Å². The summed E-state index contributed by atoms with van der Waals surface area (Å²) in [5.41, 5.74) is 0. The summed E-state index contributed by atoms with van der Waals surface area (Å²) in [6, 6.07) is 0. The molecule has 0 fully saturated rings. The predicted molar refractivity (Wildman–Crippen MR) is 284 cm³/mol. The quantitative estimate of drug-likeness (QED) is 0.0262. The highest BCUT2D eigenvalue weighted by atomic mass is 16.6. The van der Waals surface area contributed by atoms with Crippen LogP contribution in [-0.4, -0.2) is 37.2 Å². The van der Waals surface area contributed by atoms with Gasteiger partial charge in [-0.3, -0.25) is 14.4 Å². The second-order valence-corrected chi connectivity index (χ2v) is 19.3. The van der Waals surface area contributed by atoms with Gasteiger partial charge in [0.15, 0.2) is 6.10 Å². The summed E-state index contributed by atoms with van der Waals surface area (Å²) in [5, 5.41) is 0. The van der Waals surface area contributed by atoms with E-state index in [2.05, 4.69) is 69.4 Å². The molecule has 0 radical (unpaired) electrons. The van der Waals surface area contributed by atoms with Gasteiger partial charge in [0.25, 0.3) is 0 Å². The van der Waals surface area contributed by atoms with Crippen molar-refractivity contribution in [1.29, 1.82) is 0 Å². The molecule has 0 saturated heterocycles. The lowest BCUT2D eigenvalue weighted by molar-refractivity contribution is -0.167. The lowest BCUT2D eigenvalue weighted by Crippen LogP contribution is -2.30. The SMILES string of the molecule is CCCCC/C=C\C=C/CCCCCCCCC(=O)OC(COC(=O)CCCCCCC/C=C\C=C/CCCCCCCCC)COC(=O)CCCCCCCCCCCCCCCCC. The van der Waals surface area contributed by atoms with E-state index in [1.54, 1.807) is 0 Å². The third kappa shape index (κ3) is 52.3. The van der Waals surface area contributed by atoms with Gasteiger partial charge in [-0.2, -0.15) is 0 Å². The highest BCUT2D eigenvalue weighted by molar-refractivity contribution is 5.71. The fourth-order valence-corrected chi connectivity index (χ4v) is 8.25. The number of esters is 3. The Morgan fingerprint density at radius 3 is 0.833 bits per heavy atom. The molecule has 0 aliphatic heterocycles. The van der Waals surface area contributed by atoms with Crippen LogP contribution in [0.4, 0.5) is 0 Å². The van der Waals surface area contributed by atoms with Gasteiger partial charge in [0, 0.05) is 19.3 Å². The van der Waals surface area contributed by atoms with Crippen molar-refractivity contribution in [1.82, 2.24) is 0 Å². The van der Waals surface area contributed by atoms with Crippen molar-refractivity contribution in [3.8, 4) is 0 Å². The van der Waals surface area contributed by atoms with Gasteiger partial charge in [-0.1, -0.05) is 256 Å². The molecule has 0 N–H and O–H groups in total. The molecule has 0 spiro atoms. The molecule has 0 aliphatic carbocycles. The Labute approximate surface area is 409 Å². The van der Waals surface area contributed by atoms with Gasteiger partial charge in [-0.05, 0) is 70.6 Å². The first-order chi connectivity index (χ1) is 32.5.